The first-order chi connectivity index (χ1) is 14.4. The Morgan fingerprint density at radius 2 is 1.77 bits per heavy atom. The molecule has 0 unspecified atom stereocenters. The minimum Gasteiger partial charge on any atom is -0.497 e. The lowest BCUT2D eigenvalue weighted by Crippen LogP contribution is -2.41. The van der Waals surface area contributed by atoms with Crippen LogP contribution in [0.15, 0.2) is 53.6 Å². The van der Waals surface area contributed by atoms with Crippen molar-refractivity contribution in [3.05, 3.63) is 54.1 Å². The highest BCUT2D eigenvalue weighted by Crippen LogP contribution is 2.17. The number of hydrazone groups is 1. The van der Waals surface area contributed by atoms with Gasteiger partial charge < -0.3 is 20.1 Å². The molecule has 158 valence electrons. The smallest absolute Gasteiger partial charge is 0.329 e. The zero-order valence-corrected chi connectivity index (χ0v) is 17.0. The third-order valence-corrected chi connectivity index (χ3v) is 3.59. The van der Waals surface area contributed by atoms with E-state index in [9.17, 15) is 14.4 Å². The van der Waals surface area contributed by atoms with E-state index in [4.69, 9.17) is 9.47 Å². The van der Waals surface area contributed by atoms with E-state index in [0.717, 1.165) is 0 Å². The molecule has 0 aromatic heterocycles. The molecule has 0 aliphatic carbocycles. The van der Waals surface area contributed by atoms with Crippen molar-refractivity contribution in [1.29, 1.82) is 0 Å². The number of nitrogens with one attached hydrogen (secondary N) is 3. The molecule has 0 fully saturated rings. The second-order valence-corrected chi connectivity index (χ2v) is 6.47. The maximum absolute atomic E-state index is 12.1. The van der Waals surface area contributed by atoms with Crippen molar-refractivity contribution in [3.8, 4) is 11.5 Å². The molecule has 30 heavy (non-hydrogen) atoms. The highest BCUT2D eigenvalue weighted by Gasteiger charge is 2.12. The summed E-state index contributed by atoms with van der Waals surface area (Å²) in [5, 5.41) is 8.92. The van der Waals surface area contributed by atoms with E-state index in [1.165, 1.54) is 6.21 Å². The molecule has 0 heterocycles. The number of carbonyl (C=O) groups excluding carboxylic acids is 3. The number of hydrogen-bond donors (Lipinski definition) is 3. The summed E-state index contributed by atoms with van der Waals surface area (Å²) in [6.45, 7) is 3.30. The molecule has 9 nitrogen and oxygen atoms in total. The van der Waals surface area contributed by atoms with Gasteiger partial charge in [-0.2, -0.15) is 5.10 Å². The lowest BCUT2D eigenvalue weighted by Gasteiger charge is -2.09. The van der Waals surface area contributed by atoms with Gasteiger partial charge in [-0.1, -0.05) is 18.2 Å². The van der Waals surface area contributed by atoms with E-state index < -0.39 is 11.8 Å². The Balaban J connectivity index is 1.85. The summed E-state index contributed by atoms with van der Waals surface area (Å²) < 4.78 is 10.6. The zero-order valence-electron chi connectivity index (χ0n) is 17.0. The molecule has 2 rings (SSSR count). The van der Waals surface area contributed by atoms with Gasteiger partial charge in [0.2, 0.25) is 0 Å². The fourth-order valence-corrected chi connectivity index (χ4v) is 2.28. The van der Waals surface area contributed by atoms with Crippen molar-refractivity contribution in [3.63, 3.8) is 0 Å². The molecule has 0 aliphatic heterocycles. The topological polar surface area (TPSA) is 118 Å². The van der Waals surface area contributed by atoms with Crippen LogP contribution in [0, 0.1) is 0 Å². The van der Waals surface area contributed by atoms with Crippen LogP contribution < -0.4 is 25.5 Å². The number of methoxy groups -OCH3 is 1. The molecule has 0 saturated heterocycles. The predicted molar refractivity (Wildman–Crippen MR) is 113 cm³/mol. The average molecular weight is 412 g/mol. The zero-order chi connectivity index (χ0) is 21.9. The number of carbonyl (C=O) groups is 3. The molecule has 2 aromatic carbocycles. The van der Waals surface area contributed by atoms with Crippen molar-refractivity contribution in [1.82, 2.24) is 10.7 Å². The number of rotatable bonds is 8. The molecule has 0 bridgehead atoms. The van der Waals surface area contributed by atoms with Gasteiger partial charge in [-0.05, 0) is 43.7 Å². The van der Waals surface area contributed by atoms with Crippen LogP contribution in [0.3, 0.4) is 0 Å². The number of hydrogen-bond acceptors (Lipinski definition) is 6. The van der Waals surface area contributed by atoms with Crippen molar-refractivity contribution in [2.75, 3.05) is 19.0 Å². The van der Waals surface area contributed by atoms with Crippen LogP contribution in [0.25, 0.3) is 0 Å². The number of ether oxygens (including phenoxy) is 2. The van der Waals surface area contributed by atoms with E-state index in [0.29, 0.717) is 22.7 Å². The first kappa shape index (κ1) is 22.4. The summed E-state index contributed by atoms with van der Waals surface area (Å²) in [5.41, 5.74) is 3.36. The van der Waals surface area contributed by atoms with Crippen molar-refractivity contribution in [2.24, 2.45) is 5.10 Å². The Morgan fingerprint density at radius 1 is 1.03 bits per heavy atom. The number of amides is 3. The standard InChI is InChI=1S/C21H24N4O5/c1-14(2)23-20(27)21(28)25-22-12-15-6-4-9-18(10-15)30-13-19(26)24-16-7-5-8-17(11-16)29-3/h4-12,14H,13H2,1-3H3,(H,23,27)(H,24,26)(H,25,28)/b22-12-. The molecule has 0 aliphatic rings. The Labute approximate surface area is 174 Å². The molecule has 0 saturated carbocycles. The van der Waals surface area contributed by atoms with Gasteiger partial charge >= 0.3 is 11.8 Å². The minimum absolute atomic E-state index is 0.151. The quantitative estimate of drug-likeness (QED) is 0.346. The lowest BCUT2D eigenvalue weighted by molar-refractivity contribution is -0.139. The number of anilines is 1. The molecule has 2 aromatic rings. The molecule has 3 amide bonds. The Kier molecular flexibility index (Phi) is 8.37. The number of nitrogens with zero attached hydrogens (tertiary/aromatic N) is 1. The van der Waals surface area contributed by atoms with Crippen LogP contribution >= 0.6 is 0 Å². The Morgan fingerprint density at radius 3 is 2.50 bits per heavy atom. The normalized spacial score (nSPS) is 10.5. The van der Waals surface area contributed by atoms with Gasteiger partial charge in [0, 0.05) is 17.8 Å². The predicted octanol–water partition coefficient (Wildman–Crippen LogP) is 1.69. The Bertz CT molecular complexity index is 927. The molecular formula is C21H24N4O5. The summed E-state index contributed by atoms with van der Waals surface area (Å²) >= 11 is 0. The van der Waals surface area contributed by atoms with Crippen molar-refractivity contribution >= 4 is 29.6 Å². The molecule has 3 N–H and O–H groups in total. The fourth-order valence-electron chi connectivity index (χ4n) is 2.28. The maximum Gasteiger partial charge on any atom is 0.329 e. The maximum atomic E-state index is 12.1. The summed E-state index contributed by atoms with van der Waals surface area (Å²) in [4.78, 5) is 35.2. The van der Waals surface area contributed by atoms with Crippen LogP contribution in [0.1, 0.15) is 19.4 Å². The monoisotopic (exact) mass is 412 g/mol. The Hall–Kier alpha value is -3.88. The number of benzene rings is 2. The van der Waals surface area contributed by atoms with Gasteiger partial charge in [-0.3, -0.25) is 14.4 Å². The van der Waals surface area contributed by atoms with Crippen molar-refractivity contribution in [2.45, 2.75) is 19.9 Å². The van der Waals surface area contributed by atoms with Crippen LogP contribution in [-0.2, 0) is 14.4 Å². The molecule has 0 spiro atoms. The highest BCUT2D eigenvalue weighted by molar-refractivity contribution is 6.35. The first-order valence-corrected chi connectivity index (χ1v) is 9.18. The van der Waals surface area contributed by atoms with Gasteiger partial charge in [0.15, 0.2) is 6.61 Å². The largest absolute Gasteiger partial charge is 0.497 e. The van der Waals surface area contributed by atoms with Crippen LogP contribution in [0.4, 0.5) is 5.69 Å². The van der Waals surface area contributed by atoms with Gasteiger partial charge in [0.1, 0.15) is 11.5 Å². The minimum atomic E-state index is -0.860. The third-order valence-electron chi connectivity index (χ3n) is 3.59. The fraction of sp³-hybridized carbons (Fsp3) is 0.238. The van der Waals surface area contributed by atoms with Crippen LogP contribution in [0.2, 0.25) is 0 Å². The summed E-state index contributed by atoms with van der Waals surface area (Å²) in [6, 6.07) is 13.6. The summed E-state index contributed by atoms with van der Waals surface area (Å²) in [5.74, 6) is -0.869. The SMILES string of the molecule is COc1cccc(NC(=O)COc2cccc(/C=N\NC(=O)C(=O)NC(C)C)c2)c1. The molecule has 0 radical (unpaired) electrons. The van der Waals surface area contributed by atoms with Gasteiger partial charge in [0.25, 0.3) is 5.91 Å². The second kappa shape index (κ2) is 11.2. The van der Waals surface area contributed by atoms with E-state index >= 15 is 0 Å². The average Bonchev–Trinajstić information content (AvgIpc) is 2.72. The highest BCUT2D eigenvalue weighted by atomic mass is 16.5. The lowest BCUT2D eigenvalue weighted by atomic mass is 10.2. The van der Waals surface area contributed by atoms with E-state index in [1.54, 1.807) is 69.5 Å². The first-order valence-electron chi connectivity index (χ1n) is 9.18. The third kappa shape index (κ3) is 7.63. The van der Waals surface area contributed by atoms with Crippen LogP contribution in [-0.4, -0.2) is 43.7 Å². The van der Waals surface area contributed by atoms with Gasteiger partial charge in [0.05, 0.1) is 13.3 Å². The second-order valence-electron chi connectivity index (χ2n) is 6.47. The van der Waals surface area contributed by atoms with Gasteiger partial charge in [-0.15, -0.1) is 0 Å². The summed E-state index contributed by atoms with van der Waals surface area (Å²) in [6.07, 6.45) is 1.36. The van der Waals surface area contributed by atoms with Crippen molar-refractivity contribution < 1.29 is 23.9 Å². The van der Waals surface area contributed by atoms with E-state index in [-0.39, 0.29) is 18.6 Å². The van der Waals surface area contributed by atoms with E-state index in [2.05, 4.69) is 21.2 Å². The van der Waals surface area contributed by atoms with Gasteiger partial charge in [-0.25, -0.2) is 5.43 Å². The van der Waals surface area contributed by atoms with E-state index in [1.807, 2.05) is 0 Å². The summed E-state index contributed by atoms with van der Waals surface area (Å²) in [7, 11) is 1.55. The molecule has 9 heteroatoms. The molecular weight excluding hydrogens is 388 g/mol. The van der Waals surface area contributed by atoms with Crippen LogP contribution in [0.5, 0.6) is 11.5 Å². The molecule has 0 atom stereocenters.